The number of amides is 3. The highest BCUT2D eigenvalue weighted by atomic mass is 16.2. The first-order valence-electron chi connectivity index (χ1n) is 7.78. The number of hydrogen-bond acceptors (Lipinski definition) is 2. The number of hydrogen-bond donors (Lipinski definition) is 2. The van der Waals surface area contributed by atoms with Gasteiger partial charge in [-0.3, -0.25) is 4.79 Å². The van der Waals surface area contributed by atoms with Crippen LogP contribution in [0.25, 0.3) is 0 Å². The van der Waals surface area contributed by atoms with Crippen LogP contribution >= 0.6 is 0 Å². The van der Waals surface area contributed by atoms with Gasteiger partial charge >= 0.3 is 6.03 Å². The Hall–Kier alpha value is -2.04. The highest BCUT2D eigenvalue weighted by Crippen LogP contribution is 2.07. The summed E-state index contributed by atoms with van der Waals surface area (Å²) in [7, 11) is 1.76. The van der Waals surface area contributed by atoms with Gasteiger partial charge in [-0.15, -0.1) is 0 Å². The van der Waals surface area contributed by atoms with Crippen LogP contribution in [0.1, 0.15) is 31.9 Å². The van der Waals surface area contributed by atoms with Crippen molar-refractivity contribution < 1.29 is 9.59 Å². The summed E-state index contributed by atoms with van der Waals surface area (Å²) in [5.41, 5.74) is 2.39. The fourth-order valence-corrected chi connectivity index (χ4v) is 1.92. The standard InChI is InChI=1S/C17H27N3O2/c1-5-14-6-8-15(9-7-14)12-20(4)17(22)19-11-10-18-16(21)13(2)3/h6-9,13H,5,10-12H2,1-4H3,(H,18,21)(H,19,22). The number of benzene rings is 1. The topological polar surface area (TPSA) is 61.4 Å². The van der Waals surface area contributed by atoms with Crippen LogP contribution in [-0.4, -0.2) is 37.0 Å². The van der Waals surface area contributed by atoms with Gasteiger partial charge in [0.25, 0.3) is 0 Å². The van der Waals surface area contributed by atoms with E-state index in [1.165, 1.54) is 5.56 Å². The lowest BCUT2D eigenvalue weighted by Gasteiger charge is -2.18. The summed E-state index contributed by atoms with van der Waals surface area (Å²) >= 11 is 0. The molecule has 0 bridgehead atoms. The Morgan fingerprint density at radius 3 is 2.14 bits per heavy atom. The van der Waals surface area contributed by atoms with Gasteiger partial charge in [-0.1, -0.05) is 45.0 Å². The third-order valence-electron chi connectivity index (χ3n) is 3.42. The maximum atomic E-state index is 12.0. The van der Waals surface area contributed by atoms with Gasteiger partial charge in [0.1, 0.15) is 0 Å². The van der Waals surface area contributed by atoms with Crippen LogP contribution in [0, 0.1) is 5.92 Å². The van der Waals surface area contributed by atoms with Crippen molar-refractivity contribution in [3.63, 3.8) is 0 Å². The fraction of sp³-hybridized carbons (Fsp3) is 0.529. The number of carbonyl (C=O) groups is 2. The Morgan fingerprint density at radius 2 is 1.59 bits per heavy atom. The van der Waals surface area contributed by atoms with E-state index in [4.69, 9.17) is 0 Å². The zero-order chi connectivity index (χ0) is 16.5. The maximum absolute atomic E-state index is 12.0. The minimum Gasteiger partial charge on any atom is -0.354 e. The molecule has 0 aliphatic carbocycles. The van der Waals surface area contributed by atoms with Crippen molar-refractivity contribution in [3.8, 4) is 0 Å². The molecule has 2 N–H and O–H groups in total. The molecule has 0 radical (unpaired) electrons. The molecule has 5 nitrogen and oxygen atoms in total. The molecule has 5 heteroatoms. The average Bonchev–Trinajstić information content (AvgIpc) is 2.51. The smallest absolute Gasteiger partial charge is 0.317 e. The summed E-state index contributed by atoms with van der Waals surface area (Å²) in [5.74, 6) is -0.0388. The molecule has 0 saturated carbocycles. The lowest BCUT2D eigenvalue weighted by Crippen LogP contribution is -2.41. The largest absolute Gasteiger partial charge is 0.354 e. The first-order chi connectivity index (χ1) is 10.4. The Balaban J connectivity index is 2.30. The molecule has 0 saturated heterocycles. The monoisotopic (exact) mass is 305 g/mol. The number of rotatable bonds is 7. The molecule has 0 aliphatic rings. The number of aryl methyl sites for hydroxylation is 1. The van der Waals surface area contributed by atoms with Gasteiger partial charge in [0.15, 0.2) is 0 Å². The van der Waals surface area contributed by atoms with Crippen molar-refractivity contribution in [2.24, 2.45) is 5.92 Å². The number of nitrogens with one attached hydrogen (secondary N) is 2. The van der Waals surface area contributed by atoms with Crippen molar-refractivity contribution in [1.29, 1.82) is 0 Å². The predicted molar refractivity (Wildman–Crippen MR) is 88.5 cm³/mol. The Morgan fingerprint density at radius 1 is 1.05 bits per heavy atom. The Kier molecular flexibility index (Phi) is 7.43. The van der Waals surface area contributed by atoms with Gasteiger partial charge in [0.2, 0.25) is 5.91 Å². The summed E-state index contributed by atoms with van der Waals surface area (Å²) in [6.07, 6.45) is 1.01. The van der Waals surface area contributed by atoms with Gasteiger partial charge in [-0.2, -0.15) is 0 Å². The molecule has 22 heavy (non-hydrogen) atoms. The highest BCUT2D eigenvalue weighted by Gasteiger charge is 2.09. The summed E-state index contributed by atoms with van der Waals surface area (Å²) < 4.78 is 0. The zero-order valence-corrected chi connectivity index (χ0v) is 14.0. The normalized spacial score (nSPS) is 10.4. The van der Waals surface area contributed by atoms with E-state index in [0.717, 1.165) is 12.0 Å². The molecule has 0 unspecified atom stereocenters. The third kappa shape index (κ3) is 6.16. The van der Waals surface area contributed by atoms with E-state index in [2.05, 4.69) is 29.7 Å². The number of carbonyl (C=O) groups excluding carboxylic acids is 2. The minimum atomic E-state index is -0.140. The second kappa shape index (κ2) is 9.07. The van der Waals surface area contributed by atoms with Crippen molar-refractivity contribution in [1.82, 2.24) is 15.5 Å². The molecule has 1 aromatic carbocycles. The third-order valence-corrected chi connectivity index (χ3v) is 3.42. The first-order valence-corrected chi connectivity index (χ1v) is 7.78. The Labute approximate surface area is 133 Å². The van der Waals surface area contributed by atoms with Crippen molar-refractivity contribution >= 4 is 11.9 Å². The zero-order valence-electron chi connectivity index (χ0n) is 14.0. The van der Waals surface area contributed by atoms with Crippen molar-refractivity contribution in [2.45, 2.75) is 33.7 Å². The van der Waals surface area contributed by atoms with E-state index in [0.29, 0.717) is 19.6 Å². The van der Waals surface area contributed by atoms with E-state index in [1.54, 1.807) is 11.9 Å². The predicted octanol–water partition coefficient (Wildman–Crippen LogP) is 2.16. The van der Waals surface area contributed by atoms with Gasteiger partial charge < -0.3 is 15.5 Å². The van der Waals surface area contributed by atoms with Crippen LogP contribution in [0.2, 0.25) is 0 Å². The van der Waals surface area contributed by atoms with E-state index in [-0.39, 0.29) is 17.9 Å². The van der Waals surface area contributed by atoms with Gasteiger partial charge in [0.05, 0.1) is 0 Å². The molecule has 122 valence electrons. The van der Waals surface area contributed by atoms with Crippen LogP contribution < -0.4 is 10.6 Å². The molecule has 0 aromatic heterocycles. The molecule has 1 aromatic rings. The lowest BCUT2D eigenvalue weighted by atomic mass is 10.1. The molecule has 0 fully saturated rings. The SMILES string of the molecule is CCc1ccc(CN(C)C(=O)NCCNC(=O)C(C)C)cc1. The van der Waals surface area contributed by atoms with Crippen LogP contribution in [0.5, 0.6) is 0 Å². The first kappa shape index (κ1) is 18.0. The molecule has 1 rings (SSSR count). The Bertz CT molecular complexity index is 483. The lowest BCUT2D eigenvalue weighted by molar-refractivity contribution is -0.123. The van der Waals surface area contributed by atoms with Crippen LogP contribution in [0.3, 0.4) is 0 Å². The summed E-state index contributed by atoms with van der Waals surface area (Å²) in [6, 6.07) is 8.13. The second-order valence-corrected chi connectivity index (χ2v) is 5.70. The van der Waals surface area contributed by atoms with E-state index in [9.17, 15) is 9.59 Å². The van der Waals surface area contributed by atoms with Crippen molar-refractivity contribution in [2.75, 3.05) is 20.1 Å². The minimum absolute atomic E-state index is 0.00128. The molecule has 0 spiro atoms. The molecular formula is C17H27N3O2. The second-order valence-electron chi connectivity index (χ2n) is 5.70. The fourth-order valence-electron chi connectivity index (χ4n) is 1.92. The van der Waals surface area contributed by atoms with Crippen molar-refractivity contribution in [3.05, 3.63) is 35.4 Å². The van der Waals surface area contributed by atoms with E-state index < -0.39 is 0 Å². The van der Waals surface area contributed by atoms with E-state index in [1.807, 2.05) is 26.0 Å². The molecule has 3 amide bonds. The summed E-state index contributed by atoms with van der Waals surface area (Å²) in [5, 5.41) is 5.56. The summed E-state index contributed by atoms with van der Waals surface area (Å²) in [4.78, 5) is 25.0. The van der Waals surface area contributed by atoms with Gasteiger partial charge in [-0.25, -0.2) is 4.79 Å². The molecule has 0 heterocycles. The number of nitrogens with zero attached hydrogens (tertiary/aromatic N) is 1. The van der Waals surface area contributed by atoms with Gasteiger partial charge in [-0.05, 0) is 17.5 Å². The molecular weight excluding hydrogens is 278 g/mol. The highest BCUT2D eigenvalue weighted by molar-refractivity contribution is 5.78. The quantitative estimate of drug-likeness (QED) is 0.758. The van der Waals surface area contributed by atoms with E-state index >= 15 is 0 Å². The van der Waals surface area contributed by atoms with Gasteiger partial charge in [0, 0.05) is 32.6 Å². The number of urea groups is 1. The molecule has 0 atom stereocenters. The summed E-state index contributed by atoms with van der Waals surface area (Å²) in [6.45, 7) is 7.23. The van der Waals surface area contributed by atoms with Crippen LogP contribution in [0.4, 0.5) is 4.79 Å². The average molecular weight is 305 g/mol. The van der Waals surface area contributed by atoms with Crippen LogP contribution in [-0.2, 0) is 17.8 Å². The molecule has 0 aliphatic heterocycles. The maximum Gasteiger partial charge on any atom is 0.317 e. The van der Waals surface area contributed by atoms with Crippen LogP contribution in [0.15, 0.2) is 24.3 Å².